The predicted molar refractivity (Wildman–Crippen MR) is 72.9 cm³/mol. The Balaban J connectivity index is 2.79. The van der Waals surface area contributed by atoms with Gasteiger partial charge in [0.1, 0.15) is 11.6 Å². The molecule has 0 aliphatic rings. The monoisotopic (exact) mass is 256 g/mol. The largest absolute Gasteiger partial charge is 0.383 e. The number of anilines is 2. The average molecular weight is 256 g/mol. The summed E-state index contributed by atoms with van der Waals surface area (Å²) in [5.41, 5.74) is 0. The zero-order valence-corrected chi connectivity index (χ0v) is 11.6. The van der Waals surface area contributed by atoms with Gasteiger partial charge in [-0.1, -0.05) is 11.8 Å². The number of hydrogen-bond donors (Lipinski definition) is 2. The maximum atomic E-state index is 5.08. The average Bonchev–Trinajstić information content (AvgIpc) is 2.29. The molecule has 0 fully saturated rings. The number of aromatic nitrogens is 2. The molecule has 6 heteroatoms. The summed E-state index contributed by atoms with van der Waals surface area (Å²) < 4.78 is 5.08. The minimum absolute atomic E-state index is 0.221. The molecular formula is C11H20N4OS. The summed E-state index contributed by atoms with van der Waals surface area (Å²) >= 11 is 1.53. The molecule has 0 saturated heterocycles. The van der Waals surface area contributed by atoms with E-state index in [1.807, 2.05) is 19.2 Å². The Bertz CT molecular complexity index is 348. The van der Waals surface area contributed by atoms with Gasteiger partial charge in [-0.15, -0.1) is 0 Å². The molecule has 96 valence electrons. The molecule has 1 aromatic rings. The van der Waals surface area contributed by atoms with Gasteiger partial charge in [-0.3, -0.25) is 0 Å². The third-order valence-electron chi connectivity index (χ3n) is 2.06. The molecule has 0 aliphatic heterocycles. The van der Waals surface area contributed by atoms with Crippen LogP contribution in [-0.4, -0.2) is 42.5 Å². The van der Waals surface area contributed by atoms with Gasteiger partial charge in [-0.2, -0.15) is 0 Å². The fraction of sp³-hybridized carbons (Fsp3) is 0.636. The summed E-state index contributed by atoms with van der Waals surface area (Å²) in [4.78, 5) is 8.77. The molecule has 0 spiro atoms. The van der Waals surface area contributed by atoms with Gasteiger partial charge in [0.25, 0.3) is 0 Å². The summed E-state index contributed by atoms with van der Waals surface area (Å²) in [7, 11) is 1.69. The maximum Gasteiger partial charge on any atom is 0.191 e. The quantitative estimate of drug-likeness (QED) is 0.575. The zero-order chi connectivity index (χ0) is 12.7. The zero-order valence-electron chi connectivity index (χ0n) is 10.8. The van der Waals surface area contributed by atoms with Crippen LogP contribution in [0.15, 0.2) is 11.2 Å². The molecule has 1 aromatic heterocycles. The lowest BCUT2D eigenvalue weighted by atomic mass is 10.3. The number of nitrogens with one attached hydrogen (secondary N) is 2. The normalized spacial score (nSPS) is 12.2. The van der Waals surface area contributed by atoms with E-state index in [0.717, 1.165) is 23.3 Å². The SMILES string of the molecule is CCNc1cc(NC(C)COC)nc(SC)n1. The highest BCUT2D eigenvalue weighted by Gasteiger charge is 2.06. The smallest absolute Gasteiger partial charge is 0.191 e. The maximum absolute atomic E-state index is 5.08. The lowest BCUT2D eigenvalue weighted by molar-refractivity contribution is 0.190. The molecule has 17 heavy (non-hydrogen) atoms. The second kappa shape index (κ2) is 7.34. The van der Waals surface area contributed by atoms with E-state index in [4.69, 9.17) is 4.74 Å². The molecule has 0 amide bonds. The predicted octanol–water partition coefficient (Wildman–Crippen LogP) is 2.08. The second-order valence-electron chi connectivity index (χ2n) is 3.66. The molecule has 0 bridgehead atoms. The Kier molecular flexibility index (Phi) is 6.07. The van der Waals surface area contributed by atoms with E-state index in [1.54, 1.807) is 7.11 Å². The summed E-state index contributed by atoms with van der Waals surface area (Å²) in [5.74, 6) is 1.67. The number of ether oxygens (including phenoxy) is 1. The van der Waals surface area contributed by atoms with Crippen molar-refractivity contribution in [3.63, 3.8) is 0 Å². The van der Waals surface area contributed by atoms with Gasteiger partial charge in [0, 0.05) is 25.8 Å². The van der Waals surface area contributed by atoms with Crippen molar-refractivity contribution in [3.8, 4) is 0 Å². The lowest BCUT2D eigenvalue weighted by Crippen LogP contribution is -2.21. The molecule has 5 nitrogen and oxygen atoms in total. The molecular weight excluding hydrogens is 236 g/mol. The minimum Gasteiger partial charge on any atom is -0.383 e. The summed E-state index contributed by atoms with van der Waals surface area (Å²) in [6.45, 7) is 5.59. The van der Waals surface area contributed by atoms with Gasteiger partial charge < -0.3 is 15.4 Å². The van der Waals surface area contributed by atoms with E-state index in [0.29, 0.717) is 6.61 Å². The van der Waals surface area contributed by atoms with Crippen LogP contribution in [0.3, 0.4) is 0 Å². The minimum atomic E-state index is 0.221. The van der Waals surface area contributed by atoms with Crippen LogP contribution in [0.1, 0.15) is 13.8 Å². The van der Waals surface area contributed by atoms with Crippen molar-refractivity contribution in [2.75, 3.05) is 37.2 Å². The first-order chi connectivity index (χ1) is 8.19. The molecule has 1 unspecified atom stereocenters. The van der Waals surface area contributed by atoms with Crippen molar-refractivity contribution in [1.82, 2.24) is 9.97 Å². The molecule has 0 aliphatic carbocycles. The van der Waals surface area contributed by atoms with Crippen molar-refractivity contribution in [3.05, 3.63) is 6.07 Å². The molecule has 1 rings (SSSR count). The topological polar surface area (TPSA) is 59.1 Å². The first kappa shape index (κ1) is 14.1. The lowest BCUT2D eigenvalue weighted by Gasteiger charge is -2.14. The van der Waals surface area contributed by atoms with Crippen molar-refractivity contribution in [2.24, 2.45) is 0 Å². The van der Waals surface area contributed by atoms with Gasteiger partial charge in [0.15, 0.2) is 5.16 Å². The van der Waals surface area contributed by atoms with Gasteiger partial charge >= 0.3 is 0 Å². The highest BCUT2D eigenvalue weighted by Crippen LogP contribution is 2.17. The van der Waals surface area contributed by atoms with E-state index in [9.17, 15) is 0 Å². The van der Waals surface area contributed by atoms with E-state index >= 15 is 0 Å². The van der Waals surface area contributed by atoms with Crippen LogP contribution in [0.2, 0.25) is 0 Å². The number of rotatable bonds is 7. The fourth-order valence-corrected chi connectivity index (χ4v) is 1.79. The van der Waals surface area contributed by atoms with E-state index < -0.39 is 0 Å². The molecule has 0 radical (unpaired) electrons. The number of nitrogens with zero attached hydrogens (tertiary/aromatic N) is 2. The van der Waals surface area contributed by atoms with Crippen molar-refractivity contribution >= 4 is 23.4 Å². The number of methoxy groups -OCH3 is 1. The fourth-order valence-electron chi connectivity index (χ4n) is 1.41. The van der Waals surface area contributed by atoms with Gasteiger partial charge in [-0.25, -0.2) is 9.97 Å². The van der Waals surface area contributed by atoms with Crippen molar-refractivity contribution in [2.45, 2.75) is 25.0 Å². The Labute approximate surface area is 107 Å². The van der Waals surface area contributed by atoms with Crippen molar-refractivity contribution < 1.29 is 4.74 Å². The summed E-state index contributed by atoms with van der Waals surface area (Å²) in [5, 5.41) is 7.24. The summed E-state index contributed by atoms with van der Waals surface area (Å²) in [6, 6.07) is 2.13. The first-order valence-corrected chi connectivity index (χ1v) is 6.84. The van der Waals surface area contributed by atoms with Gasteiger partial charge in [0.2, 0.25) is 0 Å². The first-order valence-electron chi connectivity index (χ1n) is 5.62. The van der Waals surface area contributed by atoms with Crippen LogP contribution in [0.4, 0.5) is 11.6 Å². The van der Waals surface area contributed by atoms with Gasteiger partial charge in [-0.05, 0) is 20.1 Å². The number of hydrogen-bond acceptors (Lipinski definition) is 6. The highest BCUT2D eigenvalue weighted by atomic mass is 32.2. The standard InChI is InChI=1S/C11H20N4OS/c1-5-12-9-6-10(13-8(2)7-16-3)15-11(14-9)17-4/h6,8H,5,7H2,1-4H3,(H2,12,13,14,15). The molecule has 0 aromatic carbocycles. The molecule has 1 atom stereocenters. The highest BCUT2D eigenvalue weighted by molar-refractivity contribution is 7.98. The Morgan fingerprint density at radius 3 is 2.71 bits per heavy atom. The third-order valence-corrected chi connectivity index (χ3v) is 2.60. The van der Waals surface area contributed by atoms with Crippen LogP contribution >= 0.6 is 11.8 Å². The summed E-state index contributed by atoms with van der Waals surface area (Å²) in [6.07, 6.45) is 1.97. The molecule has 2 N–H and O–H groups in total. The number of thioether (sulfide) groups is 1. The van der Waals surface area contributed by atoms with Crippen molar-refractivity contribution in [1.29, 1.82) is 0 Å². The van der Waals surface area contributed by atoms with Crippen LogP contribution in [0.25, 0.3) is 0 Å². The van der Waals surface area contributed by atoms with Crippen LogP contribution < -0.4 is 10.6 Å². The van der Waals surface area contributed by atoms with Crippen LogP contribution in [-0.2, 0) is 4.74 Å². The van der Waals surface area contributed by atoms with E-state index in [1.165, 1.54) is 11.8 Å². The second-order valence-corrected chi connectivity index (χ2v) is 4.43. The Morgan fingerprint density at radius 2 is 2.12 bits per heavy atom. The van der Waals surface area contributed by atoms with E-state index in [2.05, 4.69) is 27.5 Å². The molecule has 1 heterocycles. The van der Waals surface area contributed by atoms with Crippen LogP contribution in [0.5, 0.6) is 0 Å². The third kappa shape index (κ3) is 4.79. The van der Waals surface area contributed by atoms with E-state index in [-0.39, 0.29) is 6.04 Å². The Morgan fingerprint density at radius 1 is 1.41 bits per heavy atom. The van der Waals surface area contributed by atoms with Gasteiger partial charge in [0.05, 0.1) is 6.61 Å². The Hall–Kier alpha value is -1.01. The van der Waals surface area contributed by atoms with Crippen LogP contribution in [0, 0.1) is 0 Å². The molecule has 0 saturated carbocycles.